The van der Waals surface area contributed by atoms with Crippen molar-refractivity contribution >= 4 is 27.5 Å². The third-order valence-electron chi connectivity index (χ3n) is 3.45. The Morgan fingerprint density at radius 3 is 2.81 bits per heavy atom. The van der Waals surface area contributed by atoms with Crippen LogP contribution in [0.5, 0.6) is 0 Å². The van der Waals surface area contributed by atoms with Gasteiger partial charge in [0.05, 0.1) is 0 Å². The summed E-state index contributed by atoms with van der Waals surface area (Å²) in [7, 11) is 0. The van der Waals surface area contributed by atoms with Crippen LogP contribution in [0.25, 0.3) is 0 Å². The predicted octanol–water partition coefficient (Wildman–Crippen LogP) is 5.18. The summed E-state index contributed by atoms with van der Waals surface area (Å²) >= 11 is 9.99. The van der Waals surface area contributed by atoms with Crippen LogP contribution in [0.1, 0.15) is 37.7 Å². The van der Waals surface area contributed by atoms with Gasteiger partial charge in [-0.2, -0.15) is 0 Å². The van der Waals surface area contributed by atoms with E-state index in [1.807, 2.05) is 0 Å². The van der Waals surface area contributed by atoms with Gasteiger partial charge >= 0.3 is 0 Å². The Hall–Kier alpha value is -0.0100. The molecule has 2 rings (SSSR count). The van der Waals surface area contributed by atoms with E-state index in [1.165, 1.54) is 42.1 Å². The first-order chi connectivity index (χ1) is 7.75. The number of halogens is 2. The maximum Gasteiger partial charge on any atom is 0.0367 e. The largest absolute Gasteiger partial charge is 0.123 e. The van der Waals surface area contributed by atoms with Crippen LogP contribution in [0.3, 0.4) is 0 Å². The summed E-state index contributed by atoms with van der Waals surface area (Å²) in [6.07, 6.45) is 7.64. The molecule has 1 saturated carbocycles. The summed E-state index contributed by atoms with van der Waals surface area (Å²) in [6, 6.07) is 8.61. The fraction of sp³-hybridized carbons (Fsp3) is 0.571. The minimum Gasteiger partial charge on any atom is -0.123 e. The van der Waals surface area contributed by atoms with Crippen molar-refractivity contribution in [1.82, 2.24) is 0 Å². The van der Waals surface area contributed by atoms with Gasteiger partial charge < -0.3 is 0 Å². The van der Waals surface area contributed by atoms with E-state index in [1.54, 1.807) is 0 Å². The van der Waals surface area contributed by atoms with Gasteiger partial charge in [-0.05, 0) is 42.9 Å². The van der Waals surface area contributed by atoms with Gasteiger partial charge in [-0.1, -0.05) is 47.3 Å². The molecular formula is C14H18BrCl. The van der Waals surface area contributed by atoms with E-state index in [2.05, 4.69) is 40.2 Å². The number of hydrogen-bond acceptors (Lipinski definition) is 0. The highest BCUT2D eigenvalue weighted by molar-refractivity contribution is 9.10. The normalized spacial score (nSPS) is 26.4. The molecule has 2 unspecified atom stereocenters. The average molecular weight is 302 g/mol. The van der Waals surface area contributed by atoms with Gasteiger partial charge in [-0.25, -0.2) is 0 Å². The maximum atomic E-state index is 6.47. The maximum absolute atomic E-state index is 6.47. The molecule has 0 bridgehead atoms. The van der Waals surface area contributed by atoms with Crippen LogP contribution < -0.4 is 0 Å². The molecule has 0 saturated heterocycles. The molecule has 1 aromatic carbocycles. The van der Waals surface area contributed by atoms with Crippen LogP contribution in [0.2, 0.25) is 0 Å². The Morgan fingerprint density at radius 1 is 1.19 bits per heavy atom. The van der Waals surface area contributed by atoms with Crippen molar-refractivity contribution in [3.05, 3.63) is 34.3 Å². The van der Waals surface area contributed by atoms with Gasteiger partial charge in [0.2, 0.25) is 0 Å². The van der Waals surface area contributed by atoms with Crippen LogP contribution in [-0.2, 0) is 6.42 Å². The Labute approximate surface area is 112 Å². The SMILES string of the molecule is ClC1CCCCCC1Cc1cccc(Br)c1. The van der Waals surface area contributed by atoms with Gasteiger partial charge in [0.25, 0.3) is 0 Å². The fourth-order valence-electron chi connectivity index (χ4n) is 2.54. The van der Waals surface area contributed by atoms with Crippen LogP contribution >= 0.6 is 27.5 Å². The third kappa shape index (κ3) is 3.49. The predicted molar refractivity (Wildman–Crippen MR) is 74.1 cm³/mol. The molecule has 2 atom stereocenters. The summed E-state index contributed by atoms with van der Waals surface area (Å²) < 4.78 is 1.17. The lowest BCUT2D eigenvalue weighted by molar-refractivity contribution is 0.465. The van der Waals surface area contributed by atoms with Gasteiger partial charge in [-0.3, -0.25) is 0 Å². The van der Waals surface area contributed by atoms with Crippen LogP contribution in [0.15, 0.2) is 28.7 Å². The molecule has 0 aliphatic heterocycles. The van der Waals surface area contributed by atoms with Crippen molar-refractivity contribution < 1.29 is 0 Å². The second kappa shape index (κ2) is 6.07. The van der Waals surface area contributed by atoms with E-state index in [9.17, 15) is 0 Å². The van der Waals surface area contributed by atoms with Crippen molar-refractivity contribution in [3.63, 3.8) is 0 Å². The van der Waals surface area contributed by atoms with E-state index in [4.69, 9.17) is 11.6 Å². The molecule has 0 nitrogen and oxygen atoms in total. The molecule has 0 N–H and O–H groups in total. The lowest BCUT2D eigenvalue weighted by Gasteiger charge is -2.19. The molecule has 1 fully saturated rings. The molecule has 0 aromatic heterocycles. The van der Waals surface area contributed by atoms with E-state index in [0.717, 1.165) is 6.42 Å². The Morgan fingerprint density at radius 2 is 2.00 bits per heavy atom. The molecule has 16 heavy (non-hydrogen) atoms. The quantitative estimate of drug-likeness (QED) is 0.521. The first-order valence-electron chi connectivity index (χ1n) is 6.14. The van der Waals surface area contributed by atoms with E-state index < -0.39 is 0 Å². The lowest BCUT2D eigenvalue weighted by atomic mass is 9.92. The molecule has 1 aliphatic carbocycles. The second-order valence-corrected chi connectivity index (χ2v) is 6.22. The number of alkyl halides is 1. The fourth-order valence-corrected chi connectivity index (χ4v) is 3.35. The van der Waals surface area contributed by atoms with Crippen molar-refractivity contribution in [2.45, 2.75) is 43.9 Å². The standard InChI is InChI=1S/C14H18BrCl/c15-13-7-4-5-11(10-13)9-12-6-2-1-3-8-14(12)16/h4-5,7,10,12,14H,1-3,6,8-9H2. The van der Waals surface area contributed by atoms with Gasteiger partial charge in [0.1, 0.15) is 0 Å². The smallest absolute Gasteiger partial charge is 0.0367 e. The monoisotopic (exact) mass is 300 g/mol. The summed E-state index contributed by atoms with van der Waals surface area (Å²) in [6.45, 7) is 0. The zero-order chi connectivity index (χ0) is 11.4. The highest BCUT2D eigenvalue weighted by atomic mass is 79.9. The zero-order valence-electron chi connectivity index (χ0n) is 9.46. The van der Waals surface area contributed by atoms with E-state index in [0.29, 0.717) is 11.3 Å². The first-order valence-corrected chi connectivity index (χ1v) is 7.37. The summed E-state index contributed by atoms with van der Waals surface area (Å²) in [4.78, 5) is 0. The molecule has 1 aromatic rings. The highest BCUT2D eigenvalue weighted by Gasteiger charge is 2.21. The minimum atomic E-state index is 0.376. The number of benzene rings is 1. The highest BCUT2D eigenvalue weighted by Crippen LogP contribution is 2.30. The van der Waals surface area contributed by atoms with Crippen LogP contribution in [0.4, 0.5) is 0 Å². The molecule has 0 amide bonds. The Balaban J connectivity index is 2.02. The van der Waals surface area contributed by atoms with Crippen LogP contribution in [-0.4, -0.2) is 5.38 Å². The first kappa shape index (κ1) is 12.4. The Kier molecular flexibility index (Phi) is 4.72. The van der Waals surface area contributed by atoms with Crippen LogP contribution in [0, 0.1) is 5.92 Å². The third-order valence-corrected chi connectivity index (χ3v) is 4.52. The molecule has 2 heteroatoms. The summed E-state index contributed by atoms with van der Waals surface area (Å²) in [5.41, 5.74) is 1.41. The average Bonchev–Trinajstić information content (AvgIpc) is 2.45. The van der Waals surface area contributed by atoms with Gasteiger partial charge in [0, 0.05) is 9.85 Å². The second-order valence-electron chi connectivity index (χ2n) is 4.75. The zero-order valence-corrected chi connectivity index (χ0v) is 11.8. The molecule has 0 heterocycles. The minimum absolute atomic E-state index is 0.376. The molecule has 0 spiro atoms. The molecule has 0 radical (unpaired) electrons. The number of hydrogen-bond donors (Lipinski definition) is 0. The van der Waals surface area contributed by atoms with Crippen molar-refractivity contribution in [2.24, 2.45) is 5.92 Å². The van der Waals surface area contributed by atoms with Gasteiger partial charge in [0.15, 0.2) is 0 Å². The topological polar surface area (TPSA) is 0 Å². The number of rotatable bonds is 2. The lowest BCUT2D eigenvalue weighted by Crippen LogP contribution is -2.15. The van der Waals surface area contributed by atoms with E-state index in [-0.39, 0.29) is 0 Å². The van der Waals surface area contributed by atoms with Crippen molar-refractivity contribution in [3.8, 4) is 0 Å². The van der Waals surface area contributed by atoms with E-state index >= 15 is 0 Å². The van der Waals surface area contributed by atoms with Crippen molar-refractivity contribution in [1.29, 1.82) is 0 Å². The molecule has 1 aliphatic rings. The Bertz CT molecular complexity index is 337. The summed E-state index contributed by atoms with van der Waals surface area (Å²) in [5, 5.41) is 0.376. The molecular weight excluding hydrogens is 284 g/mol. The van der Waals surface area contributed by atoms with Crippen molar-refractivity contribution in [2.75, 3.05) is 0 Å². The summed E-state index contributed by atoms with van der Waals surface area (Å²) in [5.74, 6) is 0.665. The van der Waals surface area contributed by atoms with Gasteiger partial charge in [-0.15, -0.1) is 11.6 Å². The molecule has 88 valence electrons.